The van der Waals surface area contributed by atoms with Gasteiger partial charge < -0.3 is 5.73 Å². The fourth-order valence-electron chi connectivity index (χ4n) is 0.866. The van der Waals surface area contributed by atoms with E-state index in [-0.39, 0.29) is 0 Å². The summed E-state index contributed by atoms with van der Waals surface area (Å²) in [6.07, 6.45) is 6.59. The topological polar surface area (TPSA) is 71.0 Å². The number of fused-ring (bicyclic) bond motifs is 1. The van der Waals surface area contributed by atoms with Crippen LogP contribution in [0, 0.1) is 0 Å². The average molecular weight is 194 g/mol. The number of nitrogens with zero attached hydrogens (tertiary/aromatic N) is 3. The number of amides is 1. The lowest BCUT2D eigenvalue weighted by Crippen LogP contribution is -2.25. The summed E-state index contributed by atoms with van der Waals surface area (Å²) in [7, 11) is 0. The number of guanidine groups is 1. The largest absolute Gasteiger partial charge is 0.365 e. The fourth-order valence-corrected chi connectivity index (χ4v) is 1.57. The van der Waals surface area contributed by atoms with E-state index in [0.717, 1.165) is 0 Å². The summed E-state index contributed by atoms with van der Waals surface area (Å²) in [5, 5.41) is 0. The predicted molar refractivity (Wildman–Crippen MR) is 51.8 cm³/mol. The first kappa shape index (κ1) is 8.06. The minimum atomic E-state index is -0.476. The number of aliphatic imine (C=N–C) groups is 2. The van der Waals surface area contributed by atoms with Crippen molar-refractivity contribution >= 4 is 30.0 Å². The van der Waals surface area contributed by atoms with Crippen molar-refractivity contribution < 1.29 is 4.79 Å². The Morgan fingerprint density at radius 2 is 2.46 bits per heavy atom. The first-order valence-corrected chi connectivity index (χ1v) is 4.30. The van der Waals surface area contributed by atoms with Crippen molar-refractivity contribution in [3.05, 3.63) is 23.4 Å². The van der Waals surface area contributed by atoms with Gasteiger partial charge in [0, 0.05) is 24.4 Å². The van der Waals surface area contributed by atoms with Crippen molar-refractivity contribution in [1.82, 2.24) is 4.31 Å². The molecule has 0 radical (unpaired) electrons. The van der Waals surface area contributed by atoms with E-state index in [1.807, 2.05) is 0 Å². The summed E-state index contributed by atoms with van der Waals surface area (Å²) in [4.78, 5) is 19.2. The molecule has 2 N–H and O–H groups in total. The van der Waals surface area contributed by atoms with Crippen LogP contribution in [-0.2, 0) is 4.79 Å². The summed E-state index contributed by atoms with van der Waals surface area (Å²) in [5.41, 5.74) is 5.10. The van der Waals surface area contributed by atoms with Crippen LogP contribution in [0.2, 0.25) is 0 Å². The predicted octanol–water partition coefficient (Wildman–Crippen LogP) is 0.231. The van der Waals surface area contributed by atoms with Gasteiger partial charge in [0.05, 0.1) is 6.20 Å². The van der Waals surface area contributed by atoms with Crippen molar-refractivity contribution in [2.24, 2.45) is 15.7 Å². The summed E-state index contributed by atoms with van der Waals surface area (Å²) in [6, 6.07) is 0. The minimum absolute atomic E-state index is 0.408. The van der Waals surface area contributed by atoms with E-state index >= 15 is 0 Å². The van der Waals surface area contributed by atoms with Crippen molar-refractivity contribution in [2.45, 2.75) is 0 Å². The Bertz CT molecular complexity index is 369. The maximum atomic E-state index is 10.8. The van der Waals surface area contributed by atoms with Crippen LogP contribution in [0.4, 0.5) is 0 Å². The summed E-state index contributed by atoms with van der Waals surface area (Å²) < 4.78 is 1.68. The van der Waals surface area contributed by atoms with Crippen LogP contribution < -0.4 is 5.73 Å². The van der Waals surface area contributed by atoms with Gasteiger partial charge in [-0.1, -0.05) is 0 Å². The number of rotatable bonds is 1. The molecule has 0 unspecified atom stereocenters. The molecule has 2 rings (SSSR count). The quantitative estimate of drug-likeness (QED) is 0.607. The molecule has 0 aliphatic carbocycles. The molecule has 0 spiro atoms. The molecular weight excluding hydrogens is 188 g/mol. The number of nitrogens with two attached hydrogens (primary N) is 1. The molecule has 66 valence electrons. The standard InChI is InChI=1S/C7H6N4OS/c8-6(12)5-4-10-7-9-2-1-3-11(7)13-5/h1-4H,(H2,8,12). The molecule has 0 fully saturated rings. The maximum absolute atomic E-state index is 10.8. The lowest BCUT2D eigenvalue weighted by atomic mass is 10.5. The number of carbonyl (C=O) groups excluding carboxylic acids is 1. The summed E-state index contributed by atoms with van der Waals surface area (Å²) in [5.74, 6) is 0.0771. The van der Waals surface area contributed by atoms with E-state index < -0.39 is 5.91 Å². The highest BCUT2D eigenvalue weighted by Crippen LogP contribution is 2.26. The van der Waals surface area contributed by atoms with E-state index in [1.165, 1.54) is 18.1 Å². The summed E-state index contributed by atoms with van der Waals surface area (Å²) >= 11 is 1.21. The van der Waals surface area contributed by atoms with Gasteiger partial charge in [0.15, 0.2) is 0 Å². The van der Waals surface area contributed by atoms with Crippen molar-refractivity contribution in [3.8, 4) is 0 Å². The van der Waals surface area contributed by atoms with Crippen LogP contribution in [0.25, 0.3) is 0 Å². The van der Waals surface area contributed by atoms with Crippen LogP contribution in [0.3, 0.4) is 0 Å². The van der Waals surface area contributed by atoms with Gasteiger partial charge in [-0.3, -0.25) is 9.10 Å². The number of allylic oxidation sites excluding steroid dienone is 1. The van der Waals surface area contributed by atoms with Crippen LogP contribution >= 0.6 is 11.9 Å². The zero-order chi connectivity index (χ0) is 9.26. The molecule has 0 saturated carbocycles. The van der Waals surface area contributed by atoms with Gasteiger partial charge in [-0.15, -0.1) is 0 Å². The Kier molecular flexibility index (Phi) is 1.90. The highest BCUT2D eigenvalue weighted by molar-refractivity contribution is 8.02. The number of carbonyl (C=O) groups is 1. The highest BCUT2D eigenvalue weighted by atomic mass is 32.2. The third-order valence-corrected chi connectivity index (χ3v) is 2.42. The third-order valence-electron chi connectivity index (χ3n) is 1.43. The molecule has 1 amide bonds. The molecule has 6 heteroatoms. The number of primary amides is 1. The van der Waals surface area contributed by atoms with Crippen molar-refractivity contribution in [1.29, 1.82) is 0 Å². The molecule has 2 aliphatic heterocycles. The molecule has 0 atom stereocenters. The van der Waals surface area contributed by atoms with Crippen LogP contribution in [0.15, 0.2) is 33.4 Å². The van der Waals surface area contributed by atoms with Gasteiger partial charge in [0.2, 0.25) is 5.96 Å². The molecule has 0 saturated heterocycles. The molecular formula is C7H6N4OS. The second kappa shape index (κ2) is 3.06. The van der Waals surface area contributed by atoms with Crippen molar-refractivity contribution in [3.63, 3.8) is 0 Å². The van der Waals surface area contributed by atoms with Gasteiger partial charge in [-0.2, -0.15) is 0 Å². The third kappa shape index (κ3) is 1.48. The molecule has 2 heterocycles. The molecule has 0 aromatic rings. The Balaban J connectivity index is 2.29. The smallest absolute Gasteiger partial charge is 0.258 e. The Labute approximate surface area is 78.8 Å². The second-order valence-electron chi connectivity index (χ2n) is 2.32. The zero-order valence-electron chi connectivity index (χ0n) is 6.54. The highest BCUT2D eigenvalue weighted by Gasteiger charge is 2.19. The van der Waals surface area contributed by atoms with Crippen LogP contribution in [0.1, 0.15) is 0 Å². The number of hydrogen-bond acceptors (Lipinski definition) is 5. The normalized spacial score (nSPS) is 19.2. The van der Waals surface area contributed by atoms with E-state index in [1.54, 1.807) is 22.8 Å². The van der Waals surface area contributed by atoms with Gasteiger partial charge in [-0.25, -0.2) is 9.98 Å². The molecule has 0 aromatic heterocycles. The lowest BCUT2D eigenvalue weighted by Gasteiger charge is -2.22. The first-order valence-electron chi connectivity index (χ1n) is 3.53. The second-order valence-corrected chi connectivity index (χ2v) is 3.34. The minimum Gasteiger partial charge on any atom is -0.365 e. The Hall–Kier alpha value is -1.56. The summed E-state index contributed by atoms with van der Waals surface area (Å²) in [6.45, 7) is 0. The van der Waals surface area contributed by atoms with Gasteiger partial charge >= 0.3 is 0 Å². The SMILES string of the molecule is NC(=O)C1=CN=C2N=CC=CN2S1. The lowest BCUT2D eigenvalue weighted by molar-refractivity contribution is -0.113. The molecule has 0 aromatic carbocycles. The number of hydrogen-bond donors (Lipinski definition) is 1. The molecule has 2 aliphatic rings. The van der Waals surface area contributed by atoms with Gasteiger partial charge in [0.25, 0.3) is 5.91 Å². The Morgan fingerprint density at radius 1 is 1.62 bits per heavy atom. The first-order chi connectivity index (χ1) is 6.27. The van der Waals surface area contributed by atoms with Crippen molar-refractivity contribution in [2.75, 3.05) is 0 Å². The molecule has 13 heavy (non-hydrogen) atoms. The van der Waals surface area contributed by atoms with Gasteiger partial charge in [0.1, 0.15) is 4.91 Å². The van der Waals surface area contributed by atoms with E-state index in [9.17, 15) is 4.79 Å². The van der Waals surface area contributed by atoms with Gasteiger partial charge in [-0.05, 0) is 6.08 Å². The molecule has 0 bridgehead atoms. The Morgan fingerprint density at radius 3 is 3.23 bits per heavy atom. The molecule has 5 nitrogen and oxygen atoms in total. The van der Waals surface area contributed by atoms with Crippen LogP contribution in [-0.4, -0.2) is 22.4 Å². The maximum Gasteiger partial charge on any atom is 0.258 e. The van der Waals surface area contributed by atoms with Crippen LogP contribution in [0.5, 0.6) is 0 Å². The monoisotopic (exact) mass is 194 g/mol. The average Bonchev–Trinajstić information content (AvgIpc) is 2.17. The van der Waals surface area contributed by atoms with E-state index in [2.05, 4.69) is 9.98 Å². The van der Waals surface area contributed by atoms with E-state index in [0.29, 0.717) is 10.9 Å². The van der Waals surface area contributed by atoms with E-state index in [4.69, 9.17) is 5.73 Å². The fraction of sp³-hybridized carbons (Fsp3) is 0. The zero-order valence-corrected chi connectivity index (χ0v) is 7.36.